The first-order valence-electron chi connectivity index (χ1n) is 7.58. The van der Waals surface area contributed by atoms with Crippen molar-refractivity contribution in [1.82, 2.24) is 4.90 Å². The molecule has 1 amide bonds. The number of carbonyl (C=O) groups is 1. The van der Waals surface area contributed by atoms with Gasteiger partial charge < -0.3 is 14.7 Å². The van der Waals surface area contributed by atoms with Crippen LogP contribution >= 0.6 is 0 Å². The molecule has 1 aromatic carbocycles. The zero-order chi connectivity index (χ0) is 15.3. The summed E-state index contributed by atoms with van der Waals surface area (Å²) in [5, 5.41) is 10.4. The van der Waals surface area contributed by atoms with Gasteiger partial charge in [-0.05, 0) is 18.9 Å². The normalized spacial score (nSPS) is 17.5. The first-order chi connectivity index (χ1) is 9.98. The minimum Gasteiger partial charge on any atom is -0.388 e. The third kappa shape index (κ3) is 4.83. The second-order valence-electron chi connectivity index (χ2n) is 6.07. The number of likely N-dealkylation sites (N-methyl/N-ethyl adjacent to an activating group) is 1. The van der Waals surface area contributed by atoms with Crippen LogP contribution in [0.4, 0.5) is 0 Å². The Balaban J connectivity index is 1.80. The van der Waals surface area contributed by atoms with Crippen LogP contribution in [0, 0.1) is 6.92 Å². The molecule has 1 saturated heterocycles. The second-order valence-corrected chi connectivity index (χ2v) is 6.07. The molecule has 4 heteroatoms. The van der Waals surface area contributed by atoms with Crippen molar-refractivity contribution in [3.8, 4) is 0 Å². The third-order valence-electron chi connectivity index (χ3n) is 4.13. The average Bonchev–Trinajstić information content (AvgIpc) is 2.46. The van der Waals surface area contributed by atoms with Gasteiger partial charge in [0.05, 0.1) is 5.60 Å². The number of ether oxygens (including phenoxy) is 1. The predicted octanol–water partition coefficient (Wildman–Crippen LogP) is 1.93. The van der Waals surface area contributed by atoms with Crippen LogP contribution in [0.2, 0.25) is 0 Å². The van der Waals surface area contributed by atoms with E-state index in [0.717, 1.165) is 6.42 Å². The van der Waals surface area contributed by atoms with Crippen molar-refractivity contribution < 1.29 is 14.6 Å². The van der Waals surface area contributed by atoms with E-state index in [1.54, 1.807) is 11.9 Å². The smallest absolute Gasteiger partial charge is 0.222 e. The largest absolute Gasteiger partial charge is 0.388 e. The summed E-state index contributed by atoms with van der Waals surface area (Å²) in [7, 11) is 1.77. The maximum atomic E-state index is 12.2. The van der Waals surface area contributed by atoms with Gasteiger partial charge in [-0.15, -0.1) is 0 Å². The van der Waals surface area contributed by atoms with Crippen LogP contribution in [0.5, 0.6) is 0 Å². The molecule has 4 nitrogen and oxygen atoms in total. The number of rotatable bonds is 5. The van der Waals surface area contributed by atoms with Gasteiger partial charge in [0.25, 0.3) is 0 Å². The molecule has 1 aromatic rings. The van der Waals surface area contributed by atoms with Crippen LogP contribution < -0.4 is 0 Å². The average molecular weight is 291 g/mol. The Morgan fingerprint density at radius 3 is 2.52 bits per heavy atom. The molecule has 1 aliphatic rings. The molecule has 2 rings (SSSR count). The zero-order valence-corrected chi connectivity index (χ0v) is 13.0. The molecule has 116 valence electrons. The standard InChI is InChI=1S/C17H25NO3/c1-14-3-5-15(6-4-14)7-8-16(19)18(2)13-17(20)9-11-21-12-10-17/h3-6,20H,7-13H2,1-2H3. The molecule has 0 aromatic heterocycles. The van der Waals surface area contributed by atoms with Gasteiger partial charge in [0.1, 0.15) is 0 Å². The molecular weight excluding hydrogens is 266 g/mol. The molecule has 21 heavy (non-hydrogen) atoms. The lowest BCUT2D eigenvalue weighted by Crippen LogP contribution is -2.47. The van der Waals surface area contributed by atoms with Gasteiger partial charge in [-0.2, -0.15) is 0 Å². The first-order valence-corrected chi connectivity index (χ1v) is 7.58. The first kappa shape index (κ1) is 16.0. The molecular formula is C17H25NO3. The van der Waals surface area contributed by atoms with Crippen molar-refractivity contribution in [2.75, 3.05) is 26.8 Å². The number of nitrogens with zero attached hydrogens (tertiary/aromatic N) is 1. The van der Waals surface area contributed by atoms with E-state index in [0.29, 0.717) is 39.0 Å². The molecule has 1 heterocycles. The summed E-state index contributed by atoms with van der Waals surface area (Å²) < 4.78 is 5.26. The third-order valence-corrected chi connectivity index (χ3v) is 4.13. The summed E-state index contributed by atoms with van der Waals surface area (Å²) in [6.07, 6.45) is 2.42. The zero-order valence-electron chi connectivity index (χ0n) is 13.0. The topological polar surface area (TPSA) is 49.8 Å². The Labute approximate surface area is 126 Å². The molecule has 0 saturated carbocycles. The molecule has 0 unspecified atom stereocenters. The molecule has 0 atom stereocenters. The fourth-order valence-electron chi connectivity index (χ4n) is 2.64. The van der Waals surface area contributed by atoms with E-state index in [9.17, 15) is 9.90 Å². The number of amides is 1. The van der Waals surface area contributed by atoms with Gasteiger partial charge in [0.2, 0.25) is 5.91 Å². The van der Waals surface area contributed by atoms with Crippen LogP contribution in [0.1, 0.15) is 30.4 Å². The van der Waals surface area contributed by atoms with Crippen LogP contribution in [0.3, 0.4) is 0 Å². The van der Waals surface area contributed by atoms with Gasteiger partial charge in [-0.3, -0.25) is 4.79 Å². The van der Waals surface area contributed by atoms with Crippen LogP contribution in [0.25, 0.3) is 0 Å². The summed E-state index contributed by atoms with van der Waals surface area (Å²) in [4.78, 5) is 13.8. The predicted molar refractivity (Wildman–Crippen MR) is 82.1 cm³/mol. The number of carbonyl (C=O) groups excluding carboxylic acids is 1. The van der Waals surface area contributed by atoms with Crippen molar-refractivity contribution in [1.29, 1.82) is 0 Å². The number of aryl methyl sites for hydroxylation is 2. The lowest BCUT2D eigenvalue weighted by Gasteiger charge is -2.35. The Morgan fingerprint density at radius 1 is 1.29 bits per heavy atom. The monoisotopic (exact) mass is 291 g/mol. The van der Waals surface area contributed by atoms with Gasteiger partial charge in [-0.25, -0.2) is 0 Å². The lowest BCUT2D eigenvalue weighted by molar-refractivity contribution is -0.136. The number of aliphatic hydroxyl groups is 1. The highest BCUT2D eigenvalue weighted by atomic mass is 16.5. The highest BCUT2D eigenvalue weighted by Crippen LogP contribution is 2.21. The van der Waals surface area contributed by atoms with Crippen molar-refractivity contribution in [2.24, 2.45) is 0 Å². The lowest BCUT2D eigenvalue weighted by atomic mass is 9.94. The van der Waals surface area contributed by atoms with Crippen molar-refractivity contribution in [3.63, 3.8) is 0 Å². The number of hydrogen-bond acceptors (Lipinski definition) is 3. The Morgan fingerprint density at radius 2 is 1.90 bits per heavy atom. The van der Waals surface area contributed by atoms with Gasteiger partial charge in [0, 0.05) is 46.1 Å². The fraction of sp³-hybridized carbons (Fsp3) is 0.588. The van der Waals surface area contributed by atoms with E-state index in [1.165, 1.54) is 11.1 Å². The Hall–Kier alpha value is -1.39. The Kier molecular flexibility index (Phi) is 5.37. The summed E-state index contributed by atoms with van der Waals surface area (Å²) in [5.41, 5.74) is 1.61. The highest BCUT2D eigenvalue weighted by Gasteiger charge is 2.32. The van der Waals surface area contributed by atoms with Crippen molar-refractivity contribution in [2.45, 2.75) is 38.2 Å². The number of benzene rings is 1. The van der Waals surface area contributed by atoms with Gasteiger partial charge in [-0.1, -0.05) is 29.8 Å². The van der Waals surface area contributed by atoms with E-state index < -0.39 is 5.60 Å². The summed E-state index contributed by atoms with van der Waals surface area (Å²) in [6.45, 7) is 3.59. The van der Waals surface area contributed by atoms with Crippen LogP contribution in [-0.2, 0) is 16.0 Å². The van der Waals surface area contributed by atoms with E-state index in [1.807, 2.05) is 0 Å². The van der Waals surface area contributed by atoms with Gasteiger partial charge >= 0.3 is 0 Å². The maximum Gasteiger partial charge on any atom is 0.222 e. The minimum atomic E-state index is -0.785. The van der Waals surface area contributed by atoms with Crippen LogP contribution in [0.15, 0.2) is 24.3 Å². The molecule has 1 aliphatic heterocycles. The summed E-state index contributed by atoms with van der Waals surface area (Å²) >= 11 is 0. The molecule has 1 fully saturated rings. The molecule has 0 aliphatic carbocycles. The van der Waals surface area contributed by atoms with Gasteiger partial charge in [0.15, 0.2) is 0 Å². The molecule has 1 N–H and O–H groups in total. The SMILES string of the molecule is Cc1ccc(CCC(=O)N(C)CC2(O)CCOCC2)cc1. The van der Waals surface area contributed by atoms with E-state index in [4.69, 9.17) is 4.74 Å². The van der Waals surface area contributed by atoms with Crippen molar-refractivity contribution >= 4 is 5.91 Å². The van der Waals surface area contributed by atoms with E-state index >= 15 is 0 Å². The van der Waals surface area contributed by atoms with E-state index in [2.05, 4.69) is 31.2 Å². The molecule has 0 radical (unpaired) electrons. The van der Waals surface area contributed by atoms with Crippen molar-refractivity contribution in [3.05, 3.63) is 35.4 Å². The second kappa shape index (κ2) is 7.05. The van der Waals surface area contributed by atoms with E-state index in [-0.39, 0.29) is 5.91 Å². The maximum absolute atomic E-state index is 12.2. The van der Waals surface area contributed by atoms with Crippen LogP contribution in [-0.4, -0.2) is 48.3 Å². The number of hydrogen-bond donors (Lipinski definition) is 1. The Bertz CT molecular complexity index is 463. The molecule has 0 spiro atoms. The summed E-state index contributed by atoms with van der Waals surface area (Å²) in [6, 6.07) is 8.26. The summed E-state index contributed by atoms with van der Waals surface area (Å²) in [5.74, 6) is 0.0792. The molecule has 0 bridgehead atoms. The highest BCUT2D eigenvalue weighted by molar-refractivity contribution is 5.76. The minimum absolute atomic E-state index is 0.0792. The fourth-order valence-corrected chi connectivity index (χ4v) is 2.64. The quantitative estimate of drug-likeness (QED) is 0.902.